The number of aryl methyl sites for hydroxylation is 1. The third-order valence-corrected chi connectivity index (χ3v) is 5.02. The van der Waals surface area contributed by atoms with Crippen molar-refractivity contribution < 1.29 is 9.72 Å². The summed E-state index contributed by atoms with van der Waals surface area (Å²) in [6, 6.07) is 22.0. The van der Waals surface area contributed by atoms with E-state index in [2.05, 4.69) is 4.98 Å². The summed E-state index contributed by atoms with van der Waals surface area (Å²) in [6.45, 7) is 1.96. The standard InChI is InChI=1S/C24H19N3O4/c1-16-10-11-17-13-19(23(28)25-22(17)12-16)15-26(20-7-3-2-4-8-20)24(29)18-6-5-9-21(14-18)27(30)31/h2-14H,15H2,1H3,(H,25,28). The topological polar surface area (TPSA) is 96.3 Å². The Morgan fingerprint density at radius 1 is 1.00 bits per heavy atom. The maximum absolute atomic E-state index is 13.3. The number of aromatic amines is 1. The number of H-pyrrole nitrogens is 1. The summed E-state index contributed by atoms with van der Waals surface area (Å²) in [5.74, 6) is -0.432. The molecule has 4 aromatic rings. The van der Waals surface area contributed by atoms with Crippen LogP contribution < -0.4 is 10.5 Å². The minimum absolute atomic E-state index is 0.0185. The number of hydrogen-bond donors (Lipinski definition) is 1. The molecule has 0 radical (unpaired) electrons. The van der Waals surface area contributed by atoms with Gasteiger partial charge >= 0.3 is 0 Å². The Hall–Kier alpha value is -4.26. The molecule has 7 nitrogen and oxygen atoms in total. The van der Waals surface area contributed by atoms with E-state index in [1.165, 1.54) is 29.2 Å². The maximum atomic E-state index is 13.3. The summed E-state index contributed by atoms with van der Waals surface area (Å²) in [4.78, 5) is 41.0. The number of non-ortho nitro benzene ring substituents is 1. The molecule has 4 rings (SSSR count). The number of amides is 1. The summed E-state index contributed by atoms with van der Waals surface area (Å²) in [5, 5.41) is 12.0. The van der Waals surface area contributed by atoms with Gasteiger partial charge in [0.05, 0.1) is 11.5 Å². The van der Waals surface area contributed by atoms with Crippen molar-refractivity contribution in [2.75, 3.05) is 4.90 Å². The Labute approximate surface area is 177 Å². The summed E-state index contributed by atoms with van der Waals surface area (Å²) >= 11 is 0. The Bertz CT molecular complexity index is 1350. The fourth-order valence-corrected chi connectivity index (χ4v) is 3.44. The second kappa shape index (κ2) is 8.23. The number of para-hydroxylation sites is 1. The van der Waals surface area contributed by atoms with Crippen molar-refractivity contribution in [1.82, 2.24) is 4.98 Å². The number of anilines is 1. The first-order valence-corrected chi connectivity index (χ1v) is 9.66. The van der Waals surface area contributed by atoms with Crippen LogP contribution in [0.1, 0.15) is 21.5 Å². The van der Waals surface area contributed by atoms with E-state index in [4.69, 9.17) is 0 Å². The van der Waals surface area contributed by atoms with Gasteiger partial charge in [0, 0.05) is 34.5 Å². The lowest BCUT2D eigenvalue weighted by Gasteiger charge is -2.23. The zero-order valence-electron chi connectivity index (χ0n) is 16.7. The van der Waals surface area contributed by atoms with Crippen LogP contribution in [0.2, 0.25) is 0 Å². The van der Waals surface area contributed by atoms with E-state index < -0.39 is 10.8 Å². The summed E-state index contributed by atoms with van der Waals surface area (Å²) < 4.78 is 0. The third-order valence-electron chi connectivity index (χ3n) is 5.02. The van der Waals surface area contributed by atoms with Crippen molar-refractivity contribution in [1.29, 1.82) is 0 Å². The predicted octanol–water partition coefficient (Wildman–Crippen LogP) is 4.59. The molecule has 0 aliphatic carbocycles. The Morgan fingerprint density at radius 2 is 1.77 bits per heavy atom. The minimum Gasteiger partial charge on any atom is -0.322 e. The molecule has 0 atom stereocenters. The molecule has 1 aromatic heterocycles. The number of hydrogen-bond acceptors (Lipinski definition) is 4. The SMILES string of the molecule is Cc1ccc2cc(CN(C(=O)c3cccc([N+](=O)[O-])c3)c3ccccc3)c(=O)[nH]c2c1. The molecule has 7 heteroatoms. The van der Waals surface area contributed by atoms with Crippen molar-refractivity contribution >= 4 is 28.2 Å². The van der Waals surface area contributed by atoms with Gasteiger partial charge in [-0.3, -0.25) is 19.7 Å². The maximum Gasteiger partial charge on any atom is 0.270 e. The lowest BCUT2D eigenvalue weighted by molar-refractivity contribution is -0.384. The molecule has 0 saturated heterocycles. The van der Waals surface area contributed by atoms with Gasteiger partial charge in [0.1, 0.15) is 0 Å². The zero-order valence-corrected chi connectivity index (χ0v) is 16.7. The highest BCUT2D eigenvalue weighted by atomic mass is 16.6. The highest BCUT2D eigenvalue weighted by Gasteiger charge is 2.21. The number of nitro benzene ring substituents is 1. The number of pyridine rings is 1. The second-order valence-corrected chi connectivity index (χ2v) is 7.25. The number of aromatic nitrogens is 1. The molecule has 0 bridgehead atoms. The van der Waals surface area contributed by atoms with Crippen LogP contribution in [-0.2, 0) is 6.54 Å². The number of nitro groups is 1. The third kappa shape index (κ3) is 4.20. The van der Waals surface area contributed by atoms with Crippen LogP contribution in [0.4, 0.5) is 11.4 Å². The van der Waals surface area contributed by atoms with Crippen LogP contribution in [0.3, 0.4) is 0 Å². The van der Waals surface area contributed by atoms with Gasteiger partial charge in [-0.05, 0) is 48.2 Å². The first kappa shape index (κ1) is 20.0. The van der Waals surface area contributed by atoms with Gasteiger partial charge in [0.25, 0.3) is 17.2 Å². The van der Waals surface area contributed by atoms with Crippen LogP contribution >= 0.6 is 0 Å². The number of rotatable bonds is 5. The summed E-state index contributed by atoms with van der Waals surface area (Å²) in [7, 11) is 0. The quantitative estimate of drug-likeness (QED) is 0.382. The van der Waals surface area contributed by atoms with E-state index in [9.17, 15) is 19.7 Å². The molecule has 0 aliphatic heterocycles. The van der Waals surface area contributed by atoms with Crippen molar-refractivity contribution in [3.63, 3.8) is 0 Å². The van der Waals surface area contributed by atoms with Gasteiger partial charge in [0.15, 0.2) is 0 Å². The number of nitrogens with one attached hydrogen (secondary N) is 1. The number of carbonyl (C=O) groups excluding carboxylic acids is 1. The highest BCUT2D eigenvalue weighted by molar-refractivity contribution is 6.06. The number of carbonyl (C=O) groups is 1. The normalized spacial score (nSPS) is 10.7. The van der Waals surface area contributed by atoms with E-state index in [-0.39, 0.29) is 23.4 Å². The molecule has 0 unspecified atom stereocenters. The first-order chi connectivity index (χ1) is 14.9. The molecule has 154 valence electrons. The molecule has 0 fully saturated rings. The average molecular weight is 413 g/mol. The second-order valence-electron chi connectivity index (χ2n) is 7.25. The van der Waals surface area contributed by atoms with Crippen molar-refractivity contribution in [2.45, 2.75) is 13.5 Å². The number of fused-ring (bicyclic) bond motifs is 1. The first-order valence-electron chi connectivity index (χ1n) is 9.66. The summed E-state index contributed by atoms with van der Waals surface area (Å²) in [5.41, 5.74) is 2.48. The molecule has 1 N–H and O–H groups in total. The molecule has 1 heterocycles. The van der Waals surface area contributed by atoms with Gasteiger partial charge in [-0.2, -0.15) is 0 Å². The van der Waals surface area contributed by atoms with E-state index in [0.29, 0.717) is 11.3 Å². The van der Waals surface area contributed by atoms with Crippen LogP contribution in [0.5, 0.6) is 0 Å². The molecule has 0 aliphatic rings. The molecule has 31 heavy (non-hydrogen) atoms. The van der Waals surface area contributed by atoms with Crippen LogP contribution in [0, 0.1) is 17.0 Å². The van der Waals surface area contributed by atoms with E-state index in [0.717, 1.165) is 16.5 Å². The lowest BCUT2D eigenvalue weighted by atomic mass is 10.1. The molecular weight excluding hydrogens is 394 g/mol. The van der Waals surface area contributed by atoms with Crippen molar-refractivity contribution in [3.8, 4) is 0 Å². The van der Waals surface area contributed by atoms with Crippen molar-refractivity contribution in [3.05, 3.63) is 116 Å². The molecule has 0 spiro atoms. The molecule has 3 aromatic carbocycles. The number of nitrogens with zero attached hydrogens (tertiary/aromatic N) is 2. The monoisotopic (exact) mass is 413 g/mol. The van der Waals surface area contributed by atoms with Gasteiger partial charge in [-0.15, -0.1) is 0 Å². The smallest absolute Gasteiger partial charge is 0.270 e. The Morgan fingerprint density at radius 3 is 2.52 bits per heavy atom. The van der Waals surface area contributed by atoms with E-state index >= 15 is 0 Å². The van der Waals surface area contributed by atoms with Crippen LogP contribution in [0.25, 0.3) is 10.9 Å². The van der Waals surface area contributed by atoms with Crippen LogP contribution in [-0.4, -0.2) is 15.8 Å². The Balaban J connectivity index is 1.77. The average Bonchev–Trinajstić information content (AvgIpc) is 2.78. The van der Waals surface area contributed by atoms with E-state index in [1.54, 1.807) is 30.3 Å². The highest BCUT2D eigenvalue weighted by Crippen LogP contribution is 2.22. The largest absolute Gasteiger partial charge is 0.322 e. The fourth-order valence-electron chi connectivity index (χ4n) is 3.44. The molecule has 0 saturated carbocycles. The van der Waals surface area contributed by atoms with Gasteiger partial charge in [0.2, 0.25) is 0 Å². The van der Waals surface area contributed by atoms with Gasteiger partial charge < -0.3 is 9.88 Å². The van der Waals surface area contributed by atoms with Gasteiger partial charge in [-0.1, -0.05) is 36.4 Å². The lowest BCUT2D eigenvalue weighted by Crippen LogP contribution is -2.32. The minimum atomic E-state index is -0.542. The molecule has 1 amide bonds. The van der Waals surface area contributed by atoms with E-state index in [1.807, 2.05) is 31.2 Å². The predicted molar refractivity (Wildman–Crippen MR) is 119 cm³/mol. The molecular formula is C24H19N3O4. The fraction of sp³-hybridized carbons (Fsp3) is 0.0833. The zero-order chi connectivity index (χ0) is 22.0. The Kier molecular flexibility index (Phi) is 5.32. The van der Waals surface area contributed by atoms with Crippen molar-refractivity contribution in [2.24, 2.45) is 0 Å². The van der Waals surface area contributed by atoms with Gasteiger partial charge in [-0.25, -0.2) is 0 Å². The number of benzene rings is 3. The van der Waals surface area contributed by atoms with Crippen LogP contribution in [0.15, 0.2) is 83.7 Å². The summed E-state index contributed by atoms with van der Waals surface area (Å²) in [6.07, 6.45) is 0.